The third-order valence-electron chi connectivity index (χ3n) is 6.82. The highest BCUT2D eigenvalue weighted by Crippen LogP contribution is 2.35. The Morgan fingerprint density at radius 2 is 1.95 bits per heavy atom. The maximum absolute atomic E-state index is 12.8. The number of hydrogen-bond acceptors (Lipinski definition) is 12. The van der Waals surface area contributed by atoms with Gasteiger partial charge in [0.2, 0.25) is 0 Å². The van der Waals surface area contributed by atoms with Crippen molar-refractivity contribution in [2.75, 3.05) is 38.6 Å². The van der Waals surface area contributed by atoms with Crippen molar-refractivity contribution in [2.45, 2.75) is 48.9 Å². The second-order valence-corrected chi connectivity index (χ2v) is 10.7. The summed E-state index contributed by atoms with van der Waals surface area (Å²) in [4.78, 5) is 40.3. The van der Waals surface area contributed by atoms with Crippen molar-refractivity contribution in [3.63, 3.8) is 0 Å². The van der Waals surface area contributed by atoms with E-state index in [2.05, 4.69) is 15.0 Å². The average Bonchev–Trinajstić information content (AvgIpc) is 3.28. The number of aromatic hydroxyl groups is 2. The molecule has 0 saturated carbocycles. The van der Waals surface area contributed by atoms with E-state index in [1.54, 1.807) is 11.8 Å². The molecule has 1 saturated heterocycles. The summed E-state index contributed by atoms with van der Waals surface area (Å²) >= 11 is 1.35. The molecule has 1 atom stereocenters. The standard InChI is InChI=1S/C25H34BN7O6S/c1-14(39-20(36)12-38-9-5-27)24(37)32-6-2-15(3-7-32)4-8-33-23-21(22(28)29-13-30-23)31-25(33)40-19-11-18(35)17(34)10-16(19)26/h10-11,13-15,34-35H,2-9,12,26-27H2,1H3,(H2,28,29,30)/t14-/m0/s1. The van der Waals surface area contributed by atoms with Crippen molar-refractivity contribution in [3.8, 4) is 11.5 Å². The summed E-state index contributed by atoms with van der Waals surface area (Å²) in [6.07, 6.45) is 2.97. The number of phenols is 2. The zero-order valence-corrected chi connectivity index (χ0v) is 23.4. The minimum atomic E-state index is -0.879. The lowest BCUT2D eigenvalue weighted by atomic mass is 9.93. The first kappa shape index (κ1) is 29.4. The molecule has 0 bridgehead atoms. The van der Waals surface area contributed by atoms with E-state index in [0.717, 1.165) is 29.6 Å². The number of nitrogens with zero attached hydrogens (tertiary/aromatic N) is 5. The first-order valence-electron chi connectivity index (χ1n) is 13.1. The van der Waals surface area contributed by atoms with Crippen LogP contribution in [0.2, 0.25) is 0 Å². The zero-order valence-electron chi connectivity index (χ0n) is 22.6. The number of hydrogen-bond donors (Lipinski definition) is 4. The van der Waals surface area contributed by atoms with Gasteiger partial charge in [0, 0.05) is 31.1 Å². The number of aromatic nitrogens is 4. The molecule has 40 heavy (non-hydrogen) atoms. The number of carbonyl (C=O) groups is 2. The van der Waals surface area contributed by atoms with Gasteiger partial charge in [0.25, 0.3) is 5.91 Å². The van der Waals surface area contributed by atoms with Crippen molar-refractivity contribution in [1.82, 2.24) is 24.4 Å². The van der Waals surface area contributed by atoms with Crippen LogP contribution in [0.15, 0.2) is 28.5 Å². The smallest absolute Gasteiger partial charge is 0.332 e. The fourth-order valence-electron chi connectivity index (χ4n) is 4.62. The van der Waals surface area contributed by atoms with Crippen LogP contribution in [0.5, 0.6) is 11.5 Å². The fraction of sp³-hybridized carbons (Fsp3) is 0.480. The van der Waals surface area contributed by atoms with Crippen LogP contribution in [0.4, 0.5) is 5.82 Å². The second-order valence-electron chi connectivity index (χ2n) is 9.72. The molecule has 214 valence electrons. The van der Waals surface area contributed by atoms with Crippen LogP contribution < -0.4 is 16.9 Å². The van der Waals surface area contributed by atoms with Crippen LogP contribution in [-0.4, -0.2) is 93.3 Å². The Balaban J connectivity index is 1.38. The molecule has 0 spiro atoms. The Labute approximate surface area is 236 Å². The maximum Gasteiger partial charge on any atom is 0.332 e. The molecular weight excluding hydrogens is 537 g/mol. The zero-order chi connectivity index (χ0) is 28.8. The molecule has 3 aromatic rings. The van der Waals surface area contributed by atoms with Gasteiger partial charge in [-0.3, -0.25) is 4.79 Å². The Kier molecular flexibility index (Phi) is 9.71. The van der Waals surface area contributed by atoms with Gasteiger partial charge in [-0.25, -0.2) is 19.7 Å². The van der Waals surface area contributed by atoms with Gasteiger partial charge in [-0.1, -0.05) is 17.2 Å². The van der Waals surface area contributed by atoms with Gasteiger partial charge in [-0.2, -0.15) is 0 Å². The normalized spacial score (nSPS) is 14.9. The Morgan fingerprint density at radius 3 is 2.67 bits per heavy atom. The van der Waals surface area contributed by atoms with Gasteiger partial charge >= 0.3 is 5.97 Å². The second kappa shape index (κ2) is 13.2. The summed E-state index contributed by atoms with van der Waals surface area (Å²) < 4.78 is 12.3. The number of ether oxygens (including phenoxy) is 2. The van der Waals surface area contributed by atoms with Crippen molar-refractivity contribution in [2.24, 2.45) is 11.7 Å². The molecule has 0 aliphatic carbocycles. The topological polar surface area (TPSA) is 192 Å². The maximum atomic E-state index is 12.8. The monoisotopic (exact) mass is 571 g/mol. The molecule has 1 aromatic carbocycles. The lowest BCUT2D eigenvalue weighted by Crippen LogP contribution is -2.44. The molecule has 0 unspecified atom stereocenters. The van der Waals surface area contributed by atoms with Crippen molar-refractivity contribution in [1.29, 1.82) is 0 Å². The number of carbonyl (C=O) groups excluding carboxylic acids is 2. The lowest BCUT2D eigenvalue weighted by Gasteiger charge is -2.33. The molecule has 15 heteroatoms. The number of amides is 1. The predicted molar refractivity (Wildman–Crippen MR) is 151 cm³/mol. The Morgan fingerprint density at radius 1 is 1.23 bits per heavy atom. The van der Waals surface area contributed by atoms with Crippen LogP contribution in [0, 0.1) is 5.92 Å². The van der Waals surface area contributed by atoms with Crippen LogP contribution >= 0.6 is 11.8 Å². The molecule has 1 aliphatic heterocycles. The average molecular weight is 571 g/mol. The minimum Gasteiger partial charge on any atom is -0.504 e. The first-order chi connectivity index (χ1) is 19.2. The molecule has 3 heterocycles. The summed E-state index contributed by atoms with van der Waals surface area (Å²) in [5.41, 5.74) is 13.3. The third-order valence-corrected chi connectivity index (χ3v) is 7.98. The van der Waals surface area contributed by atoms with E-state index in [4.69, 9.17) is 20.9 Å². The Bertz CT molecular complexity index is 1370. The summed E-state index contributed by atoms with van der Waals surface area (Å²) in [5.74, 6) is -0.555. The number of nitrogen functional groups attached to an aromatic ring is 1. The van der Waals surface area contributed by atoms with Crippen LogP contribution in [-0.2, 0) is 25.6 Å². The summed E-state index contributed by atoms with van der Waals surface area (Å²) in [5, 5.41) is 20.5. The van der Waals surface area contributed by atoms with Crippen LogP contribution in [0.1, 0.15) is 26.2 Å². The summed E-state index contributed by atoms with van der Waals surface area (Å²) in [6.45, 7) is 3.66. The van der Waals surface area contributed by atoms with Crippen LogP contribution in [0.3, 0.4) is 0 Å². The number of rotatable bonds is 11. The van der Waals surface area contributed by atoms with Gasteiger partial charge in [-0.15, -0.1) is 0 Å². The molecular formula is C25H34BN7O6S. The van der Waals surface area contributed by atoms with E-state index < -0.39 is 12.1 Å². The van der Waals surface area contributed by atoms with E-state index in [1.165, 1.54) is 30.2 Å². The SMILES string of the molecule is Bc1cc(O)c(O)cc1Sc1nc2c(N)ncnc2n1CCC1CCN(C(=O)[C@H](C)OC(=O)COCCN)CC1. The van der Waals surface area contributed by atoms with E-state index in [0.29, 0.717) is 48.4 Å². The van der Waals surface area contributed by atoms with Crippen LogP contribution in [0.25, 0.3) is 11.2 Å². The van der Waals surface area contributed by atoms with E-state index in [9.17, 15) is 19.8 Å². The summed E-state index contributed by atoms with van der Waals surface area (Å²) in [6, 6.07) is 3.01. The highest BCUT2D eigenvalue weighted by molar-refractivity contribution is 7.99. The van der Waals surface area contributed by atoms with E-state index in [-0.39, 0.29) is 36.4 Å². The quantitative estimate of drug-likeness (QED) is 0.102. The number of likely N-dealkylation sites (tertiary alicyclic amines) is 1. The van der Waals surface area contributed by atoms with Crippen molar-refractivity contribution < 1.29 is 29.3 Å². The number of phenolic OH excluding ortho intramolecular Hbond substituents is 2. The largest absolute Gasteiger partial charge is 0.504 e. The van der Waals surface area contributed by atoms with E-state index in [1.807, 2.05) is 12.4 Å². The number of esters is 1. The number of piperidine rings is 1. The van der Waals surface area contributed by atoms with Gasteiger partial charge in [0.15, 0.2) is 39.7 Å². The first-order valence-corrected chi connectivity index (χ1v) is 13.9. The van der Waals surface area contributed by atoms with Crippen molar-refractivity contribution >= 4 is 53.9 Å². The molecule has 13 nitrogen and oxygen atoms in total. The predicted octanol–water partition coefficient (Wildman–Crippen LogP) is -0.235. The molecule has 1 aliphatic rings. The van der Waals surface area contributed by atoms with Gasteiger partial charge in [0.1, 0.15) is 20.8 Å². The number of aryl methyl sites for hydroxylation is 1. The molecule has 6 N–H and O–H groups in total. The third kappa shape index (κ3) is 6.95. The van der Waals surface area contributed by atoms with Crippen molar-refractivity contribution in [3.05, 3.63) is 18.5 Å². The van der Waals surface area contributed by atoms with E-state index >= 15 is 0 Å². The van der Waals surface area contributed by atoms with Gasteiger partial charge in [0.05, 0.1) is 6.61 Å². The number of nitrogens with two attached hydrogens (primary N) is 2. The molecule has 4 rings (SSSR count). The molecule has 0 radical (unpaired) electrons. The van der Waals surface area contributed by atoms with Gasteiger partial charge < -0.3 is 40.6 Å². The number of fused-ring (bicyclic) bond motifs is 1. The number of benzene rings is 1. The number of imidazole rings is 1. The molecule has 2 aromatic heterocycles. The highest BCUT2D eigenvalue weighted by atomic mass is 32.2. The molecule has 1 fully saturated rings. The number of anilines is 1. The molecule has 1 amide bonds. The minimum absolute atomic E-state index is 0.181. The highest BCUT2D eigenvalue weighted by Gasteiger charge is 2.28. The lowest BCUT2D eigenvalue weighted by molar-refractivity contribution is -0.163. The van der Waals surface area contributed by atoms with Gasteiger partial charge in [-0.05, 0) is 44.2 Å². The summed E-state index contributed by atoms with van der Waals surface area (Å²) in [7, 11) is 1.84. The Hall–Kier alpha value is -3.56. The fourth-order valence-corrected chi connectivity index (χ4v) is 5.63.